The Morgan fingerprint density at radius 2 is 2.21 bits per heavy atom. The van der Waals surface area contributed by atoms with Crippen molar-refractivity contribution in [3.8, 4) is 0 Å². The highest BCUT2D eigenvalue weighted by molar-refractivity contribution is 7.98. The van der Waals surface area contributed by atoms with E-state index < -0.39 is 0 Å². The van der Waals surface area contributed by atoms with Gasteiger partial charge in [-0.25, -0.2) is 19.9 Å². The van der Waals surface area contributed by atoms with E-state index in [1.54, 1.807) is 24.3 Å². The van der Waals surface area contributed by atoms with E-state index in [0.717, 1.165) is 22.1 Å². The van der Waals surface area contributed by atoms with Crippen LogP contribution in [0.15, 0.2) is 36.0 Å². The lowest BCUT2D eigenvalue weighted by Crippen LogP contribution is -1.93. The summed E-state index contributed by atoms with van der Waals surface area (Å²) in [7, 11) is 1.86. The van der Waals surface area contributed by atoms with Crippen molar-refractivity contribution in [2.45, 2.75) is 10.8 Å². The molecule has 0 aliphatic carbocycles. The third-order valence-electron chi connectivity index (χ3n) is 2.64. The summed E-state index contributed by atoms with van der Waals surface area (Å²) in [6.07, 6.45) is 4.97. The van der Waals surface area contributed by atoms with Crippen LogP contribution < -0.4 is 5.32 Å². The van der Waals surface area contributed by atoms with Crippen LogP contribution in [-0.4, -0.2) is 32.0 Å². The van der Waals surface area contributed by atoms with Gasteiger partial charge in [0, 0.05) is 19.0 Å². The van der Waals surface area contributed by atoms with E-state index in [0.29, 0.717) is 5.65 Å². The van der Waals surface area contributed by atoms with Crippen LogP contribution in [0.5, 0.6) is 0 Å². The fraction of sp³-hybridized carbons (Fsp3) is 0.167. The number of aromatic nitrogens is 5. The second-order valence-corrected chi connectivity index (χ2v) is 4.83. The lowest BCUT2D eigenvalue weighted by atomic mass is 10.3. The molecule has 0 radical (unpaired) electrons. The lowest BCUT2D eigenvalue weighted by molar-refractivity contribution is 1.08. The highest BCUT2D eigenvalue weighted by atomic mass is 32.2. The van der Waals surface area contributed by atoms with Gasteiger partial charge >= 0.3 is 0 Å². The van der Waals surface area contributed by atoms with Crippen LogP contribution in [0.2, 0.25) is 0 Å². The van der Waals surface area contributed by atoms with Gasteiger partial charge in [0.2, 0.25) is 0 Å². The first-order chi connectivity index (χ1) is 9.36. The number of anilines is 1. The minimum Gasteiger partial charge on any atom is -0.373 e. The first kappa shape index (κ1) is 11.9. The number of rotatable bonds is 4. The van der Waals surface area contributed by atoms with Crippen LogP contribution in [0.1, 0.15) is 5.56 Å². The molecule has 3 rings (SSSR count). The number of nitrogens with one attached hydrogen (secondary N) is 2. The van der Waals surface area contributed by atoms with Crippen molar-refractivity contribution in [3.63, 3.8) is 0 Å². The Balaban J connectivity index is 1.80. The molecule has 2 N–H and O–H groups in total. The largest absolute Gasteiger partial charge is 0.373 e. The molecule has 0 amide bonds. The maximum Gasteiger partial charge on any atom is 0.181 e. The molecule has 7 heteroatoms. The predicted octanol–water partition coefficient (Wildman–Crippen LogP) is 2.08. The number of fused-ring (bicyclic) bond motifs is 1. The minimum atomic E-state index is 0.697. The molecule has 0 fully saturated rings. The third kappa shape index (κ3) is 2.50. The molecule has 0 saturated heterocycles. The van der Waals surface area contributed by atoms with Gasteiger partial charge in [-0.2, -0.15) is 0 Å². The fourth-order valence-corrected chi connectivity index (χ4v) is 2.60. The van der Waals surface area contributed by atoms with E-state index in [9.17, 15) is 0 Å². The van der Waals surface area contributed by atoms with E-state index in [1.165, 1.54) is 11.9 Å². The molecule has 3 aromatic heterocycles. The van der Waals surface area contributed by atoms with Gasteiger partial charge in [-0.05, 0) is 17.7 Å². The van der Waals surface area contributed by atoms with Crippen molar-refractivity contribution in [2.24, 2.45) is 0 Å². The number of H-pyrrole nitrogens is 1. The summed E-state index contributed by atoms with van der Waals surface area (Å²) in [5.74, 6) is 1.69. The van der Waals surface area contributed by atoms with Gasteiger partial charge in [-0.15, -0.1) is 0 Å². The maximum absolute atomic E-state index is 4.29. The smallest absolute Gasteiger partial charge is 0.181 e. The molecule has 0 aromatic carbocycles. The zero-order valence-electron chi connectivity index (χ0n) is 10.3. The van der Waals surface area contributed by atoms with E-state index in [4.69, 9.17) is 0 Å². The Morgan fingerprint density at radius 1 is 1.26 bits per heavy atom. The molecule has 0 aliphatic heterocycles. The summed E-state index contributed by atoms with van der Waals surface area (Å²) in [6.45, 7) is 0. The summed E-state index contributed by atoms with van der Waals surface area (Å²) in [5.41, 5.74) is 2.77. The van der Waals surface area contributed by atoms with Crippen molar-refractivity contribution in [1.29, 1.82) is 0 Å². The first-order valence-corrected chi connectivity index (χ1v) is 6.75. The summed E-state index contributed by atoms with van der Waals surface area (Å²) >= 11 is 1.65. The number of nitrogens with zero attached hydrogens (tertiary/aromatic N) is 4. The molecule has 3 heterocycles. The molecule has 0 spiro atoms. The number of imidazole rings is 1. The number of pyridine rings is 1. The molecular formula is C12H12N6S. The van der Waals surface area contributed by atoms with Gasteiger partial charge in [0.05, 0.1) is 6.33 Å². The van der Waals surface area contributed by atoms with Crippen molar-refractivity contribution >= 4 is 28.7 Å². The van der Waals surface area contributed by atoms with Gasteiger partial charge < -0.3 is 10.3 Å². The van der Waals surface area contributed by atoms with Crippen molar-refractivity contribution < 1.29 is 0 Å². The maximum atomic E-state index is 4.29. The highest BCUT2D eigenvalue weighted by Crippen LogP contribution is 2.25. The van der Waals surface area contributed by atoms with Crippen molar-refractivity contribution in [1.82, 2.24) is 24.9 Å². The van der Waals surface area contributed by atoms with Crippen LogP contribution in [0.25, 0.3) is 11.2 Å². The van der Waals surface area contributed by atoms with Crippen LogP contribution >= 0.6 is 11.8 Å². The number of aromatic amines is 1. The number of thioether (sulfide) groups is 1. The minimum absolute atomic E-state index is 0.697. The summed E-state index contributed by atoms with van der Waals surface area (Å²) in [6, 6.07) is 4.03. The SMILES string of the molecule is CNc1cc(CSc2ncnc3nc[nH]c23)ccn1. The van der Waals surface area contributed by atoms with Crippen LogP contribution in [0.3, 0.4) is 0 Å². The molecule has 0 atom stereocenters. The van der Waals surface area contributed by atoms with E-state index >= 15 is 0 Å². The van der Waals surface area contributed by atoms with Crippen LogP contribution in [-0.2, 0) is 5.75 Å². The average Bonchev–Trinajstić information content (AvgIpc) is 2.94. The normalized spacial score (nSPS) is 10.8. The highest BCUT2D eigenvalue weighted by Gasteiger charge is 2.06. The van der Waals surface area contributed by atoms with Gasteiger partial charge in [-0.1, -0.05) is 11.8 Å². The second-order valence-electron chi connectivity index (χ2n) is 3.87. The van der Waals surface area contributed by atoms with Crippen molar-refractivity contribution in [3.05, 3.63) is 36.5 Å². The second kappa shape index (κ2) is 5.23. The third-order valence-corrected chi connectivity index (χ3v) is 3.70. The Morgan fingerprint density at radius 3 is 3.11 bits per heavy atom. The quantitative estimate of drug-likeness (QED) is 0.559. The zero-order chi connectivity index (χ0) is 13.1. The fourth-order valence-electron chi connectivity index (χ4n) is 1.70. The molecule has 0 bridgehead atoms. The van der Waals surface area contributed by atoms with E-state index in [-0.39, 0.29) is 0 Å². The Bertz CT molecular complexity index is 695. The molecular weight excluding hydrogens is 260 g/mol. The summed E-state index contributed by atoms with van der Waals surface area (Å²) in [5, 5.41) is 3.94. The van der Waals surface area contributed by atoms with Gasteiger partial charge in [-0.3, -0.25) is 0 Å². The predicted molar refractivity (Wildman–Crippen MR) is 75.0 cm³/mol. The first-order valence-electron chi connectivity index (χ1n) is 5.76. The van der Waals surface area contributed by atoms with Gasteiger partial charge in [0.25, 0.3) is 0 Å². The zero-order valence-corrected chi connectivity index (χ0v) is 11.1. The molecule has 19 heavy (non-hydrogen) atoms. The van der Waals surface area contributed by atoms with E-state index in [2.05, 4.69) is 30.2 Å². The number of hydrogen-bond donors (Lipinski definition) is 2. The molecule has 0 aliphatic rings. The molecule has 3 aromatic rings. The average molecular weight is 272 g/mol. The summed E-state index contributed by atoms with van der Waals surface area (Å²) in [4.78, 5) is 19.8. The standard InChI is InChI=1S/C12H12N6S/c1-13-9-4-8(2-3-14-9)5-19-12-10-11(16-6-15-10)17-7-18-12/h2-4,6-7H,5H2,1H3,(H,13,14)(H,15,16,17,18). The Kier molecular flexibility index (Phi) is 3.28. The Labute approximate surface area is 114 Å². The van der Waals surface area contributed by atoms with Gasteiger partial charge in [0.15, 0.2) is 5.65 Å². The monoisotopic (exact) mass is 272 g/mol. The van der Waals surface area contributed by atoms with Crippen molar-refractivity contribution in [2.75, 3.05) is 12.4 Å². The molecule has 0 saturated carbocycles. The van der Waals surface area contributed by atoms with E-state index in [1.807, 2.05) is 19.2 Å². The van der Waals surface area contributed by atoms with Crippen LogP contribution in [0.4, 0.5) is 5.82 Å². The Hall–Kier alpha value is -2.15. The topological polar surface area (TPSA) is 79.4 Å². The molecule has 0 unspecified atom stereocenters. The summed E-state index contributed by atoms with van der Waals surface area (Å²) < 4.78 is 0. The molecule has 96 valence electrons. The van der Waals surface area contributed by atoms with Crippen LogP contribution in [0, 0.1) is 0 Å². The molecule has 6 nitrogen and oxygen atoms in total. The van der Waals surface area contributed by atoms with Gasteiger partial charge in [0.1, 0.15) is 22.7 Å². The number of hydrogen-bond acceptors (Lipinski definition) is 6. The lowest BCUT2D eigenvalue weighted by Gasteiger charge is -2.04.